The van der Waals surface area contributed by atoms with Crippen LogP contribution in [0.3, 0.4) is 0 Å². The molecule has 1 fully saturated rings. The molecule has 0 radical (unpaired) electrons. The van der Waals surface area contributed by atoms with Crippen molar-refractivity contribution in [3.05, 3.63) is 17.4 Å². The molecule has 19 heavy (non-hydrogen) atoms. The lowest BCUT2D eigenvalue weighted by atomic mass is 10.4. The van der Waals surface area contributed by atoms with Crippen LogP contribution in [0.15, 0.2) is 6.33 Å². The third kappa shape index (κ3) is 2.90. The molecular formula is C10H13ClN8. The Morgan fingerprint density at radius 2 is 2.11 bits per heavy atom. The highest BCUT2D eigenvalue weighted by Gasteiger charge is 2.16. The van der Waals surface area contributed by atoms with Gasteiger partial charge in [0.05, 0.1) is 6.54 Å². The van der Waals surface area contributed by atoms with Crippen molar-refractivity contribution in [2.45, 2.75) is 19.4 Å². The van der Waals surface area contributed by atoms with Crippen LogP contribution < -0.4 is 10.2 Å². The largest absolute Gasteiger partial charge is 0.347 e. The molecule has 0 atom stereocenters. The molecule has 1 aliphatic rings. The minimum atomic E-state index is 0.192. The van der Waals surface area contributed by atoms with E-state index in [2.05, 4.69) is 40.3 Å². The van der Waals surface area contributed by atoms with Gasteiger partial charge >= 0.3 is 0 Å². The predicted molar refractivity (Wildman–Crippen MR) is 70.0 cm³/mol. The number of aromatic amines is 1. The zero-order valence-electron chi connectivity index (χ0n) is 10.2. The fraction of sp³-hybridized carbons (Fsp3) is 0.500. The van der Waals surface area contributed by atoms with Crippen molar-refractivity contribution >= 4 is 23.5 Å². The van der Waals surface area contributed by atoms with Gasteiger partial charge in [-0.05, 0) is 24.4 Å². The van der Waals surface area contributed by atoms with Gasteiger partial charge in [-0.2, -0.15) is 20.1 Å². The molecule has 2 N–H and O–H groups in total. The number of aromatic nitrogens is 6. The SMILES string of the molecule is Clc1nc(NCc2ncn[nH]2)nc(N2CCCC2)n1. The van der Waals surface area contributed by atoms with Gasteiger partial charge in [0.2, 0.25) is 17.2 Å². The van der Waals surface area contributed by atoms with Gasteiger partial charge in [-0.3, -0.25) is 5.10 Å². The number of nitrogens with zero attached hydrogens (tertiary/aromatic N) is 6. The Kier molecular flexibility index (Phi) is 3.41. The van der Waals surface area contributed by atoms with Crippen LogP contribution in [-0.2, 0) is 6.54 Å². The van der Waals surface area contributed by atoms with Crippen molar-refractivity contribution in [3.63, 3.8) is 0 Å². The molecule has 9 heteroatoms. The molecule has 0 amide bonds. The average Bonchev–Trinajstić information content (AvgIpc) is 3.09. The monoisotopic (exact) mass is 280 g/mol. The molecule has 8 nitrogen and oxygen atoms in total. The summed E-state index contributed by atoms with van der Waals surface area (Å²) >= 11 is 5.92. The minimum Gasteiger partial charge on any atom is -0.347 e. The Bertz CT molecular complexity index is 536. The molecule has 0 aromatic carbocycles. The smallest absolute Gasteiger partial charge is 0.231 e. The lowest BCUT2D eigenvalue weighted by Crippen LogP contribution is -2.21. The molecular weight excluding hydrogens is 268 g/mol. The number of hydrogen-bond donors (Lipinski definition) is 2. The molecule has 2 aromatic heterocycles. The maximum Gasteiger partial charge on any atom is 0.231 e. The van der Waals surface area contributed by atoms with Crippen molar-refractivity contribution in [2.75, 3.05) is 23.3 Å². The van der Waals surface area contributed by atoms with Crippen LogP contribution in [0.2, 0.25) is 5.28 Å². The van der Waals surface area contributed by atoms with Crippen LogP contribution in [0.5, 0.6) is 0 Å². The van der Waals surface area contributed by atoms with Crippen LogP contribution >= 0.6 is 11.6 Å². The van der Waals surface area contributed by atoms with Crippen molar-refractivity contribution in [2.24, 2.45) is 0 Å². The van der Waals surface area contributed by atoms with Gasteiger partial charge < -0.3 is 10.2 Å². The second-order valence-electron chi connectivity index (χ2n) is 4.21. The molecule has 0 aliphatic carbocycles. The Morgan fingerprint density at radius 3 is 2.84 bits per heavy atom. The third-order valence-corrected chi connectivity index (χ3v) is 3.03. The normalized spacial score (nSPS) is 14.9. The summed E-state index contributed by atoms with van der Waals surface area (Å²) in [6, 6.07) is 0. The maximum atomic E-state index is 5.92. The number of H-pyrrole nitrogens is 1. The second-order valence-corrected chi connectivity index (χ2v) is 4.55. The van der Waals surface area contributed by atoms with Crippen molar-refractivity contribution in [3.8, 4) is 0 Å². The summed E-state index contributed by atoms with van der Waals surface area (Å²) in [6.07, 6.45) is 3.77. The Balaban J connectivity index is 1.73. The first kappa shape index (κ1) is 12.1. The Labute approximate surface area is 114 Å². The maximum absolute atomic E-state index is 5.92. The second kappa shape index (κ2) is 5.35. The molecule has 3 heterocycles. The number of nitrogens with one attached hydrogen (secondary N) is 2. The summed E-state index contributed by atoms with van der Waals surface area (Å²) < 4.78 is 0. The van der Waals surface area contributed by atoms with Gasteiger partial charge in [-0.15, -0.1) is 0 Å². The number of halogens is 1. The highest BCUT2D eigenvalue weighted by molar-refractivity contribution is 6.28. The van der Waals surface area contributed by atoms with Gasteiger partial charge in [0.15, 0.2) is 0 Å². The lowest BCUT2D eigenvalue weighted by Gasteiger charge is -2.15. The zero-order valence-corrected chi connectivity index (χ0v) is 10.9. The van der Waals surface area contributed by atoms with E-state index in [1.807, 2.05) is 0 Å². The highest BCUT2D eigenvalue weighted by Crippen LogP contribution is 2.18. The van der Waals surface area contributed by atoms with Gasteiger partial charge in [-0.1, -0.05) is 0 Å². The molecule has 100 valence electrons. The van der Waals surface area contributed by atoms with E-state index in [1.165, 1.54) is 6.33 Å². The number of anilines is 2. The van der Waals surface area contributed by atoms with Crippen LogP contribution in [0.1, 0.15) is 18.7 Å². The fourth-order valence-corrected chi connectivity index (χ4v) is 2.11. The predicted octanol–water partition coefficient (Wildman–Crippen LogP) is 0.855. The van der Waals surface area contributed by atoms with Gasteiger partial charge in [0.1, 0.15) is 12.2 Å². The Morgan fingerprint density at radius 1 is 1.26 bits per heavy atom. The average molecular weight is 281 g/mol. The summed E-state index contributed by atoms with van der Waals surface area (Å²) in [6.45, 7) is 2.38. The van der Waals surface area contributed by atoms with E-state index in [-0.39, 0.29) is 5.28 Å². The number of hydrogen-bond acceptors (Lipinski definition) is 7. The van der Waals surface area contributed by atoms with E-state index in [0.29, 0.717) is 24.3 Å². The topological polar surface area (TPSA) is 95.5 Å². The highest BCUT2D eigenvalue weighted by atomic mass is 35.5. The van der Waals surface area contributed by atoms with E-state index in [9.17, 15) is 0 Å². The molecule has 3 rings (SSSR count). The van der Waals surface area contributed by atoms with E-state index in [0.717, 1.165) is 25.9 Å². The first-order chi connectivity index (χ1) is 9.31. The summed E-state index contributed by atoms with van der Waals surface area (Å²) in [5, 5.41) is 9.76. The quantitative estimate of drug-likeness (QED) is 0.857. The Hall–Kier alpha value is -1.96. The van der Waals surface area contributed by atoms with Gasteiger partial charge in [-0.25, -0.2) is 4.98 Å². The summed E-state index contributed by atoms with van der Waals surface area (Å²) in [5.41, 5.74) is 0. The first-order valence-corrected chi connectivity index (χ1v) is 6.44. The summed E-state index contributed by atoms with van der Waals surface area (Å²) in [4.78, 5) is 18.7. The summed E-state index contributed by atoms with van der Waals surface area (Å²) in [7, 11) is 0. The van der Waals surface area contributed by atoms with Gasteiger partial charge in [0, 0.05) is 13.1 Å². The molecule has 0 spiro atoms. The first-order valence-electron chi connectivity index (χ1n) is 6.06. The standard InChI is InChI=1S/C10H13ClN8/c11-8-15-9(12-5-7-13-6-14-18-7)17-10(16-8)19-3-1-2-4-19/h6H,1-5H2,(H,13,14,18)(H,12,15,16,17). The molecule has 2 aromatic rings. The van der Waals surface area contributed by atoms with Crippen LogP contribution in [0.4, 0.5) is 11.9 Å². The zero-order chi connectivity index (χ0) is 13.1. The van der Waals surface area contributed by atoms with Crippen LogP contribution in [0, 0.1) is 0 Å². The van der Waals surface area contributed by atoms with Crippen molar-refractivity contribution in [1.82, 2.24) is 30.1 Å². The molecule has 1 saturated heterocycles. The third-order valence-electron chi connectivity index (χ3n) is 2.86. The fourth-order valence-electron chi connectivity index (χ4n) is 1.96. The lowest BCUT2D eigenvalue weighted by molar-refractivity contribution is 0.868. The summed E-state index contributed by atoms with van der Waals surface area (Å²) in [5.74, 6) is 1.77. The van der Waals surface area contributed by atoms with Crippen molar-refractivity contribution in [1.29, 1.82) is 0 Å². The van der Waals surface area contributed by atoms with E-state index in [1.54, 1.807) is 0 Å². The van der Waals surface area contributed by atoms with E-state index >= 15 is 0 Å². The van der Waals surface area contributed by atoms with E-state index < -0.39 is 0 Å². The molecule has 0 bridgehead atoms. The van der Waals surface area contributed by atoms with Crippen molar-refractivity contribution < 1.29 is 0 Å². The molecule has 0 unspecified atom stereocenters. The van der Waals surface area contributed by atoms with E-state index in [4.69, 9.17) is 11.6 Å². The number of rotatable bonds is 4. The minimum absolute atomic E-state index is 0.192. The molecule has 1 aliphatic heterocycles. The van der Waals surface area contributed by atoms with Gasteiger partial charge in [0.25, 0.3) is 0 Å². The van der Waals surface area contributed by atoms with Crippen LogP contribution in [0.25, 0.3) is 0 Å². The van der Waals surface area contributed by atoms with Crippen LogP contribution in [-0.4, -0.2) is 43.2 Å². The molecule has 0 saturated carbocycles.